The van der Waals surface area contributed by atoms with E-state index in [2.05, 4.69) is 65.7 Å². The number of hydrogen-bond acceptors (Lipinski definition) is 3. The Hall–Kier alpha value is -2.16. The molecule has 0 bridgehead atoms. The number of para-hydroxylation sites is 1. The lowest BCUT2D eigenvalue weighted by Gasteiger charge is -2.20. The summed E-state index contributed by atoms with van der Waals surface area (Å²) in [4.78, 5) is 2.47. The number of fused-ring (bicyclic) bond motifs is 1. The second-order valence-electron chi connectivity index (χ2n) is 6.73. The Bertz CT molecular complexity index is 639. The van der Waals surface area contributed by atoms with E-state index in [1.807, 2.05) is 0 Å². The maximum Gasteiger partial charge on any atom is 0.119 e. The van der Waals surface area contributed by atoms with Gasteiger partial charge in [0, 0.05) is 31.0 Å². The van der Waals surface area contributed by atoms with Crippen molar-refractivity contribution in [3.63, 3.8) is 0 Å². The van der Waals surface area contributed by atoms with Crippen LogP contribution in [0.3, 0.4) is 0 Å². The van der Waals surface area contributed by atoms with Crippen molar-refractivity contribution in [3.8, 4) is 5.75 Å². The van der Waals surface area contributed by atoms with Gasteiger partial charge in [-0.05, 0) is 48.7 Å². The minimum absolute atomic E-state index is 0.821. The van der Waals surface area contributed by atoms with Crippen molar-refractivity contribution in [1.82, 2.24) is 0 Å². The summed E-state index contributed by atoms with van der Waals surface area (Å²) < 4.78 is 5.80. The first-order valence-electron chi connectivity index (χ1n) is 9.66. The standard InChI is InChI=1S/C22H30N2O/c1-2-3-4-7-18-25-21-12-10-20(11-13-21)23-15-17-24-16-14-19-8-5-6-9-22(19)24/h5-6,8-13,23H,2-4,7,14-18H2,1H3. The predicted octanol–water partition coefficient (Wildman–Crippen LogP) is 5.12. The molecule has 1 aliphatic heterocycles. The predicted molar refractivity (Wildman–Crippen MR) is 107 cm³/mol. The Morgan fingerprint density at radius 2 is 1.84 bits per heavy atom. The average Bonchev–Trinajstić information content (AvgIpc) is 3.06. The number of benzene rings is 2. The average molecular weight is 338 g/mol. The molecule has 0 unspecified atom stereocenters. The van der Waals surface area contributed by atoms with Crippen LogP contribution in [0.1, 0.15) is 38.2 Å². The number of ether oxygens (including phenoxy) is 1. The monoisotopic (exact) mass is 338 g/mol. The van der Waals surface area contributed by atoms with E-state index in [0.717, 1.165) is 44.1 Å². The van der Waals surface area contributed by atoms with Crippen LogP contribution in [0, 0.1) is 0 Å². The van der Waals surface area contributed by atoms with Crippen molar-refractivity contribution in [2.24, 2.45) is 0 Å². The van der Waals surface area contributed by atoms with Crippen LogP contribution in [0.25, 0.3) is 0 Å². The van der Waals surface area contributed by atoms with Gasteiger partial charge in [-0.25, -0.2) is 0 Å². The lowest BCUT2D eigenvalue weighted by molar-refractivity contribution is 0.305. The van der Waals surface area contributed by atoms with Gasteiger partial charge in [0.15, 0.2) is 0 Å². The highest BCUT2D eigenvalue weighted by Gasteiger charge is 2.17. The minimum atomic E-state index is 0.821. The van der Waals surface area contributed by atoms with Crippen molar-refractivity contribution in [3.05, 3.63) is 54.1 Å². The summed E-state index contributed by atoms with van der Waals surface area (Å²) in [6.07, 6.45) is 6.14. The minimum Gasteiger partial charge on any atom is -0.494 e. The fourth-order valence-corrected chi connectivity index (χ4v) is 3.36. The van der Waals surface area contributed by atoms with Gasteiger partial charge in [-0.2, -0.15) is 0 Å². The van der Waals surface area contributed by atoms with Crippen LogP contribution in [0.5, 0.6) is 5.75 Å². The first-order chi connectivity index (χ1) is 12.4. The van der Waals surface area contributed by atoms with Crippen molar-refractivity contribution < 1.29 is 4.74 Å². The maximum atomic E-state index is 5.80. The fraction of sp³-hybridized carbons (Fsp3) is 0.455. The number of rotatable bonds is 10. The van der Waals surface area contributed by atoms with Crippen molar-refractivity contribution >= 4 is 11.4 Å². The van der Waals surface area contributed by atoms with Gasteiger partial charge in [0.1, 0.15) is 5.75 Å². The highest BCUT2D eigenvalue weighted by atomic mass is 16.5. The molecule has 0 saturated heterocycles. The molecule has 0 aromatic heterocycles. The largest absolute Gasteiger partial charge is 0.494 e. The molecule has 0 saturated carbocycles. The van der Waals surface area contributed by atoms with E-state index in [9.17, 15) is 0 Å². The maximum absolute atomic E-state index is 5.80. The third-order valence-corrected chi connectivity index (χ3v) is 4.82. The number of nitrogens with zero attached hydrogens (tertiary/aromatic N) is 1. The summed E-state index contributed by atoms with van der Waals surface area (Å²) in [5, 5.41) is 3.52. The number of anilines is 2. The molecule has 25 heavy (non-hydrogen) atoms. The van der Waals surface area contributed by atoms with E-state index in [1.165, 1.54) is 36.9 Å². The second kappa shape index (κ2) is 9.36. The Kier molecular flexibility index (Phi) is 6.61. The molecule has 0 atom stereocenters. The molecule has 1 aliphatic rings. The lowest BCUT2D eigenvalue weighted by atomic mass is 10.2. The molecule has 0 aliphatic carbocycles. The molecule has 0 spiro atoms. The van der Waals surface area contributed by atoms with Crippen LogP contribution in [0.4, 0.5) is 11.4 Å². The van der Waals surface area contributed by atoms with Gasteiger partial charge in [-0.3, -0.25) is 0 Å². The zero-order chi connectivity index (χ0) is 17.3. The van der Waals surface area contributed by atoms with E-state index < -0.39 is 0 Å². The summed E-state index contributed by atoms with van der Waals surface area (Å²) in [5.41, 5.74) is 4.03. The van der Waals surface area contributed by atoms with Crippen LogP contribution >= 0.6 is 0 Å². The zero-order valence-corrected chi connectivity index (χ0v) is 15.3. The van der Waals surface area contributed by atoms with E-state index in [4.69, 9.17) is 4.74 Å². The van der Waals surface area contributed by atoms with E-state index in [1.54, 1.807) is 0 Å². The number of nitrogens with one attached hydrogen (secondary N) is 1. The molecule has 134 valence electrons. The third kappa shape index (κ3) is 5.15. The van der Waals surface area contributed by atoms with Crippen LogP contribution in [-0.4, -0.2) is 26.2 Å². The molecule has 0 amide bonds. The third-order valence-electron chi connectivity index (χ3n) is 4.82. The Labute approximate surface area is 152 Å². The summed E-state index contributed by atoms with van der Waals surface area (Å²) in [6.45, 7) is 6.17. The van der Waals surface area contributed by atoms with Crippen LogP contribution < -0.4 is 15.0 Å². The van der Waals surface area contributed by atoms with Gasteiger partial charge in [-0.1, -0.05) is 44.4 Å². The highest BCUT2D eigenvalue weighted by Crippen LogP contribution is 2.26. The summed E-state index contributed by atoms with van der Waals surface area (Å²) in [6, 6.07) is 17.1. The zero-order valence-electron chi connectivity index (χ0n) is 15.3. The Morgan fingerprint density at radius 1 is 1.00 bits per heavy atom. The Balaban J connectivity index is 1.38. The van der Waals surface area contributed by atoms with Crippen molar-refractivity contribution in [2.45, 2.75) is 39.0 Å². The van der Waals surface area contributed by atoms with Gasteiger partial charge in [0.25, 0.3) is 0 Å². The SMILES string of the molecule is CCCCCCOc1ccc(NCCN2CCc3ccccc32)cc1. The molecule has 0 radical (unpaired) electrons. The van der Waals surface area contributed by atoms with Crippen molar-refractivity contribution in [1.29, 1.82) is 0 Å². The molecule has 2 aromatic carbocycles. The van der Waals surface area contributed by atoms with Gasteiger partial charge < -0.3 is 15.0 Å². The molecule has 1 heterocycles. The molecule has 3 rings (SSSR count). The number of hydrogen-bond donors (Lipinski definition) is 1. The molecule has 2 aromatic rings. The van der Waals surface area contributed by atoms with Gasteiger partial charge in [0.2, 0.25) is 0 Å². The smallest absolute Gasteiger partial charge is 0.119 e. The fourth-order valence-electron chi connectivity index (χ4n) is 3.36. The quantitative estimate of drug-likeness (QED) is 0.609. The normalized spacial score (nSPS) is 12.9. The van der Waals surface area contributed by atoms with Gasteiger partial charge in [-0.15, -0.1) is 0 Å². The molecule has 1 N–H and O–H groups in total. The van der Waals surface area contributed by atoms with Crippen LogP contribution in [0.15, 0.2) is 48.5 Å². The molecular formula is C22H30N2O. The van der Waals surface area contributed by atoms with E-state index in [-0.39, 0.29) is 0 Å². The van der Waals surface area contributed by atoms with Crippen LogP contribution in [-0.2, 0) is 6.42 Å². The van der Waals surface area contributed by atoms with Crippen LogP contribution in [0.2, 0.25) is 0 Å². The van der Waals surface area contributed by atoms with E-state index in [0.29, 0.717) is 0 Å². The summed E-state index contributed by atoms with van der Waals surface area (Å²) >= 11 is 0. The topological polar surface area (TPSA) is 24.5 Å². The van der Waals surface area contributed by atoms with Crippen molar-refractivity contribution in [2.75, 3.05) is 36.5 Å². The van der Waals surface area contributed by atoms with Gasteiger partial charge in [0.05, 0.1) is 6.61 Å². The van der Waals surface area contributed by atoms with Gasteiger partial charge >= 0.3 is 0 Å². The molecule has 3 nitrogen and oxygen atoms in total. The second-order valence-corrected chi connectivity index (χ2v) is 6.73. The lowest BCUT2D eigenvalue weighted by Crippen LogP contribution is -2.27. The van der Waals surface area contributed by atoms with E-state index >= 15 is 0 Å². The highest BCUT2D eigenvalue weighted by molar-refractivity contribution is 5.58. The Morgan fingerprint density at radius 3 is 2.68 bits per heavy atom. The molecular weight excluding hydrogens is 308 g/mol. The summed E-state index contributed by atoms with van der Waals surface area (Å²) in [7, 11) is 0. The first kappa shape index (κ1) is 17.7. The molecule has 3 heteroatoms. The number of unbranched alkanes of at least 4 members (excludes halogenated alkanes) is 3. The molecule has 0 fully saturated rings. The first-order valence-corrected chi connectivity index (χ1v) is 9.66. The summed E-state index contributed by atoms with van der Waals surface area (Å²) in [5.74, 6) is 0.968.